The molecule has 0 bridgehead atoms. The molecule has 0 spiro atoms. The van der Waals surface area contributed by atoms with E-state index < -0.39 is 15.7 Å². The summed E-state index contributed by atoms with van der Waals surface area (Å²) in [6, 6.07) is 10.9. The number of aliphatic imine (C=N–C) groups is 1. The molecule has 0 fully saturated rings. The molecule has 0 unspecified atom stereocenters. The first-order valence-electron chi connectivity index (χ1n) is 10.8. The van der Waals surface area contributed by atoms with Gasteiger partial charge < -0.3 is 14.2 Å². The maximum atomic E-state index is 12.6. The summed E-state index contributed by atoms with van der Waals surface area (Å²) in [7, 11) is -2.23. The lowest BCUT2D eigenvalue weighted by atomic mass is 10.1. The number of fused-ring (bicyclic) bond motifs is 1. The van der Waals surface area contributed by atoms with E-state index in [9.17, 15) is 13.2 Å². The number of nitrogens with one attached hydrogen (secondary N) is 1. The number of carbonyl (C=O) groups is 1. The maximum absolute atomic E-state index is 12.6. The molecule has 10 nitrogen and oxygen atoms in total. The minimum Gasteiger partial charge on any atom is -0.493 e. The van der Waals surface area contributed by atoms with E-state index in [0.717, 1.165) is 34.4 Å². The molecule has 2 aromatic carbocycles. The van der Waals surface area contributed by atoms with Gasteiger partial charge in [0.15, 0.2) is 11.5 Å². The molecule has 36 heavy (non-hydrogen) atoms. The van der Waals surface area contributed by atoms with Gasteiger partial charge in [-0.3, -0.25) is 10.2 Å². The number of aryl methyl sites for hydroxylation is 2. The van der Waals surface area contributed by atoms with Gasteiger partial charge in [-0.25, -0.2) is 13.3 Å². The van der Waals surface area contributed by atoms with Crippen LogP contribution < -0.4 is 14.2 Å². The van der Waals surface area contributed by atoms with Crippen molar-refractivity contribution in [2.45, 2.75) is 13.8 Å². The number of nitrogens with zero attached hydrogens (tertiary/aromatic N) is 3. The highest BCUT2D eigenvalue weighted by molar-refractivity contribution is 8.16. The van der Waals surface area contributed by atoms with Gasteiger partial charge in [-0.15, -0.1) is 0 Å². The molecule has 0 saturated heterocycles. The fraction of sp³-hybridized carbons (Fsp3) is 0.250. The quantitative estimate of drug-likeness (QED) is 0.329. The van der Waals surface area contributed by atoms with Gasteiger partial charge in [0.2, 0.25) is 20.2 Å². The average molecular weight is 529 g/mol. The SMILES string of the molecule is COc1cc(/C=C2/C(=N)N3C(=NC2=O)SN=C3S(C)(=O)=O)ccc1OCCOc1ccc(C)c(C)c1. The molecule has 0 saturated carbocycles. The standard InChI is InChI=1S/C24H24N4O6S2/c1-14-5-7-17(11-15(14)2)33-9-10-34-19-8-6-16(13-20(19)32-3)12-18-21(25)28-23(26-22(18)29)35-27-24(28)36(4,30)31/h5-8,11-13,25H,9-10H2,1-4H3/b18-12-,25-21?. The van der Waals surface area contributed by atoms with Crippen LogP contribution in [0.15, 0.2) is 51.4 Å². The molecule has 2 aromatic rings. The fourth-order valence-corrected chi connectivity index (χ4v) is 5.26. The summed E-state index contributed by atoms with van der Waals surface area (Å²) in [4.78, 5) is 17.5. The second-order valence-corrected chi connectivity index (χ2v) is 10.7. The van der Waals surface area contributed by atoms with Gasteiger partial charge in [-0.05, 0) is 60.9 Å². The molecule has 188 valence electrons. The van der Waals surface area contributed by atoms with Crippen LogP contribution in [0.2, 0.25) is 0 Å². The van der Waals surface area contributed by atoms with Gasteiger partial charge in [-0.1, -0.05) is 12.1 Å². The molecule has 0 aliphatic carbocycles. The molecule has 12 heteroatoms. The zero-order valence-corrected chi connectivity index (χ0v) is 21.7. The molecular weight excluding hydrogens is 504 g/mol. The third-order valence-electron chi connectivity index (χ3n) is 5.41. The Morgan fingerprint density at radius 3 is 2.50 bits per heavy atom. The summed E-state index contributed by atoms with van der Waals surface area (Å²) in [5.74, 6) is 0.690. The first-order valence-corrected chi connectivity index (χ1v) is 13.4. The van der Waals surface area contributed by atoms with E-state index in [0.29, 0.717) is 23.7 Å². The minimum atomic E-state index is -3.72. The van der Waals surface area contributed by atoms with E-state index in [1.54, 1.807) is 18.2 Å². The third kappa shape index (κ3) is 5.29. The van der Waals surface area contributed by atoms with Crippen molar-refractivity contribution in [3.8, 4) is 17.2 Å². The van der Waals surface area contributed by atoms with Crippen molar-refractivity contribution in [2.75, 3.05) is 26.6 Å². The molecule has 1 amide bonds. The molecule has 2 aliphatic rings. The lowest BCUT2D eigenvalue weighted by Gasteiger charge is -2.23. The van der Waals surface area contributed by atoms with E-state index >= 15 is 0 Å². The van der Waals surface area contributed by atoms with Gasteiger partial charge in [-0.2, -0.15) is 9.39 Å². The Balaban J connectivity index is 1.47. The number of methoxy groups -OCH3 is 1. The van der Waals surface area contributed by atoms with Crippen LogP contribution >= 0.6 is 11.9 Å². The van der Waals surface area contributed by atoms with Gasteiger partial charge in [0.1, 0.15) is 24.8 Å². The predicted molar refractivity (Wildman–Crippen MR) is 140 cm³/mol. The van der Waals surface area contributed by atoms with Crippen LogP contribution in [0.4, 0.5) is 0 Å². The lowest BCUT2D eigenvalue weighted by Crippen LogP contribution is -2.45. The second kappa shape index (κ2) is 10.2. The summed E-state index contributed by atoms with van der Waals surface area (Å²) in [5.41, 5.74) is 2.81. The number of carbonyl (C=O) groups excluding carboxylic acids is 1. The molecule has 0 atom stereocenters. The zero-order chi connectivity index (χ0) is 26.0. The number of sulfone groups is 1. The highest BCUT2D eigenvalue weighted by atomic mass is 32.2. The van der Waals surface area contributed by atoms with Crippen molar-refractivity contribution < 1.29 is 27.4 Å². The van der Waals surface area contributed by atoms with Crippen molar-refractivity contribution in [2.24, 2.45) is 9.39 Å². The van der Waals surface area contributed by atoms with Crippen molar-refractivity contribution >= 4 is 49.9 Å². The van der Waals surface area contributed by atoms with Crippen molar-refractivity contribution in [1.82, 2.24) is 4.90 Å². The lowest BCUT2D eigenvalue weighted by molar-refractivity contribution is -0.114. The third-order valence-corrected chi connectivity index (χ3v) is 7.17. The van der Waals surface area contributed by atoms with Crippen LogP contribution in [0.25, 0.3) is 6.08 Å². The summed E-state index contributed by atoms with van der Waals surface area (Å²) in [6.45, 7) is 4.68. The average Bonchev–Trinajstić information content (AvgIpc) is 3.26. The van der Waals surface area contributed by atoms with Gasteiger partial charge in [0, 0.05) is 6.26 Å². The second-order valence-electron chi connectivity index (χ2n) is 8.03. The first kappa shape index (κ1) is 25.5. The Morgan fingerprint density at radius 2 is 1.81 bits per heavy atom. The summed E-state index contributed by atoms with van der Waals surface area (Å²) in [6.07, 6.45) is 2.43. The Hall–Kier alpha value is -3.64. The van der Waals surface area contributed by atoms with Crippen LogP contribution in [0, 0.1) is 19.3 Å². The fourth-order valence-electron chi connectivity index (χ4n) is 3.41. The molecule has 4 rings (SSSR count). The van der Waals surface area contributed by atoms with Crippen LogP contribution in [-0.4, -0.2) is 62.0 Å². The van der Waals surface area contributed by atoms with Gasteiger partial charge in [0.05, 0.1) is 24.6 Å². The van der Waals surface area contributed by atoms with E-state index in [2.05, 4.69) is 9.39 Å². The number of amides is 1. The summed E-state index contributed by atoms with van der Waals surface area (Å²) < 4.78 is 44.9. The topological polar surface area (TPSA) is 131 Å². The number of rotatable bonds is 7. The van der Waals surface area contributed by atoms with Crippen LogP contribution in [0.1, 0.15) is 16.7 Å². The predicted octanol–water partition coefficient (Wildman–Crippen LogP) is 3.39. The molecular formula is C24H24N4O6S2. The van der Waals surface area contributed by atoms with Gasteiger partial charge in [0.25, 0.3) is 5.91 Å². The Kier molecular flexibility index (Phi) is 7.18. The molecule has 2 heterocycles. The van der Waals surface area contributed by atoms with E-state index in [1.165, 1.54) is 18.7 Å². The van der Waals surface area contributed by atoms with Crippen LogP contribution in [0.5, 0.6) is 17.2 Å². The minimum absolute atomic E-state index is 0.0342. The maximum Gasteiger partial charge on any atom is 0.283 e. The molecule has 0 radical (unpaired) electrons. The van der Waals surface area contributed by atoms with Crippen molar-refractivity contribution in [3.05, 3.63) is 58.7 Å². The number of benzene rings is 2. The Morgan fingerprint density at radius 1 is 1.06 bits per heavy atom. The number of hydrogen-bond acceptors (Lipinski definition) is 9. The number of amidine groups is 3. The zero-order valence-electron chi connectivity index (χ0n) is 20.1. The highest BCUT2D eigenvalue weighted by Crippen LogP contribution is 2.32. The van der Waals surface area contributed by atoms with Gasteiger partial charge >= 0.3 is 0 Å². The number of ether oxygens (including phenoxy) is 3. The van der Waals surface area contributed by atoms with E-state index in [4.69, 9.17) is 19.6 Å². The Labute approximate surface area is 213 Å². The van der Waals surface area contributed by atoms with E-state index in [-0.39, 0.29) is 28.4 Å². The normalized spacial score (nSPS) is 16.6. The molecule has 0 aromatic heterocycles. The van der Waals surface area contributed by atoms with Crippen molar-refractivity contribution in [1.29, 1.82) is 5.41 Å². The monoisotopic (exact) mass is 528 g/mol. The smallest absolute Gasteiger partial charge is 0.283 e. The van der Waals surface area contributed by atoms with E-state index in [1.807, 2.05) is 32.0 Å². The largest absolute Gasteiger partial charge is 0.493 e. The number of hydrogen-bond donors (Lipinski definition) is 1. The summed E-state index contributed by atoms with van der Waals surface area (Å²) >= 11 is 0.743. The summed E-state index contributed by atoms with van der Waals surface area (Å²) in [5, 5.41) is 8.14. The van der Waals surface area contributed by atoms with Crippen LogP contribution in [-0.2, 0) is 14.6 Å². The first-order chi connectivity index (χ1) is 17.1. The highest BCUT2D eigenvalue weighted by Gasteiger charge is 2.41. The molecule has 1 N–H and O–H groups in total. The van der Waals surface area contributed by atoms with Crippen molar-refractivity contribution in [3.63, 3.8) is 0 Å². The molecule has 2 aliphatic heterocycles. The Bertz CT molecular complexity index is 1450. The van der Waals surface area contributed by atoms with Crippen LogP contribution in [0.3, 0.4) is 0 Å².